The highest BCUT2D eigenvalue weighted by Crippen LogP contribution is 2.12. The number of rotatable bonds is 44. The normalized spacial score (nSPS) is 11.8. The van der Waals surface area contributed by atoms with Gasteiger partial charge in [0.25, 0.3) is 12.4 Å². The van der Waals surface area contributed by atoms with E-state index < -0.39 is 36.7 Å². The molecule has 8 N–H and O–H groups in total. The monoisotopic (exact) mass is 939 g/mol. The standard InChI is InChI=1S/C44H69N5O17/c50-32-66-40(19-20-41(55)56)49-44(60)48-37(43(58)59)18-17-35(51)9-5-3-1-2-4-6-12-39(54)45-21-25-64-29-28-63-24-8-11-38(53)33-13-15-34(16-14-33)42(57)46-22-26-65-30-27-62-23-7-10-36(52)31-47-61/h13-16,32,37,40,47,61H,1-12,17-31H2,(H,45,54)(H,46,57)(H,55,56)(H,58,59)(H2,48,49,60)/t37-,40+/m0/s1. The molecule has 22 heteroatoms. The van der Waals surface area contributed by atoms with Crippen molar-refractivity contribution in [2.45, 2.75) is 115 Å². The number of Topliss-reactive ketones (excluding diaryl/α,β-unsaturated/α-hetero) is 3. The van der Waals surface area contributed by atoms with E-state index in [4.69, 9.17) is 29.3 Å². The second-order valence-corrected chi connectivity index (χ2v) is 15.0. The van der Waals surface area contributed by atoms with E-state index in [1.807, 2.05) is 5.48 Å². The molecule has 0 radical (unpaired) electrons. The van der Waals surface area contributed by atoms with Crippen LogP contribution in [-0.4, -0.2) is 154 Å². The second kappa shape index (κ2) is 38.8. The third-order valence-electron chi connectivity index (χ3n) is 9.58. The summed E-state index contributed by atoms with van der Waals surface area (Å²) < 4.78 is 26.5. The summed E-state index contributed by atoms with van der Waals surface area (Å²) in [4.78, 5) is 106. The van der Waals surface area contributed by atoms with Gasteiger partial charge in [0.2, 0.25) is 5.91 Å². The van der Waals surface area contributed by atoms with Crippen molar-refractivity contribution in [1.82, 2.24) is 26.7 Å². The van der Waals surface area contributed by atoms with Gasteiger partial charge in [-0.05, 0) is 44.2 Å². The first kappa shape index (κ1) is 58.6. The van der Waals surface area contributed by atoms with E-state index in [0.29, 0.717) is 109 Å². The number of aliphatic carboxylic acids is 2. The average Bonchev–Trinajstić information content (AvgIpc) is 3.28. The van der Waals surface area contributed by atoms with Gasteiger partial charge in [0.15, 0.2) is 12.0 Å². The van der Waals surface area contributed by atoms with Crippen molar-refractivity contribution in [2.24, 2.45) is 0 Å². The van der Waals surface area contributed by atoms with E-state index in [0.717, 1.165) is 32.1 Å². The molecule has 1 aromatic carbocycles. The summed E-state index contributed by atoms with van der Waals surface area (Å²) in [5, 5.41) is 36.6. The van der Waals surface area contributed by atoms with E-state index in [-0.39, 0.29) is 74.3 Å². The summed E-state index contributed by atoms with van der Waals surface area (Å²) in [7, 11) is 0. The predicted molar refractivity (Wildman–Crippen MR) is 235 cm³/mol. The first-order chi connectivity index (χ1) is 31.9. The Morgan fingerprint density at radius 3 is 1.70 bits per heavy atom. The van der Waals surface area contributed by atoms with Gasteiger partial charge in [-0.2, -0.15) is 5.48 Å². The minimum atomic E-state index is -1.38. The van der Waals surface area contributed by atoms with Crippen LogP contribution in [0.4, 0.5) is 4.79 Å². The lowest BCUT2D eigenvalue weighted by atomic mass is 10.0. The van der Waals surface area contributed by atoms with Crippen LogP contribution in [0.5, 0.6) is 0 Å². The Labute approximate surface area is 384 Å². The maximum Gasteiger partial charge on any atom is 0.326 e. The van der Waals surface area contributed by atoms with E-state index >= 15 is 0 Å². The quantitative estimate of drug-likeness (QED) is 0.0153. The first-order valence-electron chi connectivity index (χ1n) is 22.4. The number of urea groups is 1. The molecule has 0 aliphatic heterocycles. The maximum atomic E-state index is 12.6. The molecule has 0 aromatic heterocycles. The molecule has 66 heavy (non-hydrogen) atoms. The highest BCUT2D eigenvalue weighted by atomic mass is 16.5. The molecule has 0 unspecified atom stereocenters. The van der Waals surface area contributed by atoms with E-state index in [2.05, 4.69) is 26.0 Å². The van der Waals surface area contributed by atoms with Gasteiger partial charge in [-0.1, -0.05) is 37.8 Å². The molecule has 372 valence electrons. The molecule has 0 aliphatic rings. The molecular weight excluding hydrogens is 871 g/mol. The molecule has 0 saturated heterocycles. The SMILES string of the molecule is O=CO[C@H](CCC(=O)O)NC(=O)N[C@@H](CCC(=O)CCCCCCCCC(=O)NCCOCCOCCCC(=O)c1ccc(C(=O)NCCOCCOCCCC(=O)CNO)cc1)C(=O)O. The van der Waals surface area contributed by atoms with Crippen molar-refractivity contribution in [3.05, 3.63) is 35.4 Å². The number of carbonyl (C=O) groups excluding carboxylic acids is 7. The zero-order valence-electron chi connectivity index (χ0n) is 37.7. The van der Waals surface area contributed by atoms with Crippen LogP contribution >= 0.6 is 0 Å². The molecule has 1 aromatic rings. The third-order valence-corrected chi connectivity index (χ3v) is 9.58. The summed E-state index contributed by atoms with van der Waals surface area (Å²) in [5.41, 5.74) is 2.75. The number of ketones is 3. The number of amides is 4. The predicted octanol–water partition coefficient (Wildman–Crippen LogP) is 2.48. The third kappa shape index (κ3) is 32.3. The van der Waals surface area contributed by atoms with Crippen molar-refractivity contribution in [3.8, 4) is 0 Å². The molecule has 0 saturated carbocycles. The smallest absolute Gasteiger partial charge is 0.326 e. The van der Waals surface area contributed by atoms with Gasteiger partial charge in [0.1, 0.15) is 17.6 Å². The van der Waals surface area contributed by atoms with Crippen molar-refractivity contribution in [1.29, 1.82) is 0 Å². The molecule has 22 nitrogen and oxygen atoms in total. The Bertz CT molecular complexity index is 1600. The van der Waals surface area contributed by atoms with Crippen LogP contribution in [0.15, 0.2) is 24.3 Å². The summed E-state index contributed by atoms with van der Waals surface area (Å²) in [6, 6.07) is 4.07. The van der Waals surface area contributed by atoms with Gasteiger partial charge in [0.05, 0.1) is 52.6 Å². The van der Waals surface area contributed by atoms with Crippen molar-refractivity contribution < 1.29 is 82.3 Å². The number of carboxylic acids is 2. The van der Waals surface area contributed by atoms with Crippen molar-refractivity contribution in [2.75, 3.05) is 72.5 Å². The number of hydrogen-bond donors (Lipinski definition) is 8. The molecule has 0 aliphatic carbocycles. The highest BCUT2D eigenvalue weighted by Gasteiger charge is 2.23. The van der Waals surface area contributed by atoms with Gasteiger partial charge >= 0.3 is 18.0 Å². The number of carboxylic acid groups (broad SMARTS) is 2. The molecular formula is C44H69N5O17. The molecule has 0 fully saturated rings. The number of hydrogen-bond acceptors (Lipinski definition) is 16. The van der Waals surface area contributed by atoms with Gasteiger partial charge in [-0.3, -0.25) is 33.6 Å². The Hall–Kier alpha value is -5.39. The van der Waals surface area contributed by atoms with Crippen LogP contribution in [0.25, 0.3) is 0 Å². The van der Waals surface area contributed by atoms with Crippen LogP contribution in [0.2, 0.25) is 0 Å². The number of ether oxygens (including phenoxy) is 5. The average molecular weight is 940 g/mol. The van der Waals surface area contributed by atoms with Gasteiger partial charge < -0.3 is 60.4 Å². The Morgan fingerprint density at radius 1 is 0.561 bits per heavy atom. The fourth-order valence-electron chi connectivity index (χ4n) is 6.01. The zero-order chi connectivity index (χ0) is 48.6. The zero-order valence-corrected chi connectivity index (χ0v) is 37.7. The van der Waals surface area contributed by atoms with Crippen molar-refractivity contribution >= 4 is 53.6 Å². The van der Waals surface area contributed by atoms with E-state index in [1.54, 1.807) is 24.3 Å². The summed E-state index contributed by atoms with van der Waals surface area (Å²) in [5.74, 6) is -3.19. The number of carbonyl (C=O) groups is 9. The lowest BCUT2D eigenvalue weighted by Crippen LogP contribution is -2.49. The lowest BCUT2D eigenvalue weighted by molar-refractivity contribution is -0.141. The fourth-order valence-corrected chi connectivity index (χ4v) is 6.01. The van der Waals surface area contributed by atoms with E-state index in [1.165, 1.54) is 0 Å². The van der Waals surface area contributed by atoms with Crippen LogP contribution in [-0.2, 0) is 52.5 Å². The number of nitrogens with one attached hydrogen (secondary N) is 5. The largest absolute Gasteiger partial charge is 0.481 e. The number of unbranched alkanes of at least 4 members (excludes halogenated alkanes) is 5. The topological polar surface area (TPSA) is 321 Å². The van der Waals surface area contributed by atoms with Crippen molar-refractivity contribution in [3.63, 3.8) is 0 Å². The van der Waals surface area contributed by atoms with Gasteiger partial charge in [0, 0.05) is 76.0 Å². The molecule has 0 heterocycles. The first-order valence-corrected chi connectivity index (χ1v) is 22.4. The molecule has 1 rings (SSSR count). The molecule has 0 bridgehead atoms. The molecule has 2 atom stereocenters. The Kier molecular flexibility index (Phi) is 34.5. The fraction of sp³-hybridized carbons (Fsp3) is 0.659. The minimum Gasteiger partial charge on any atom is -0.481 e. The highest BCUT2D eigenvalue weighted by molar-refractivity contribution is 5.98. The summed E-state index contributed by atoms with van der Waals surface area (Å²) in [6.07, 6.45) is 5.02. The molecule has 4 amide bonds. The van der Waals surface area contributed by atoms with Crippen LogP contribution < -0.4 is 26.7 Å². The Morgan fingerprint density at radius 2 is 1.11 bits per heavy atom. The minimum absolute atomic E-state index is 0.0357. The van der Waals surface area contributed by atoms with E-state index in [9.17, 15) is 48.3 Å². The van der Waals surface area contributed by atoms with Crippen LogP contribution in [0, 0.1) is 0 Å². The van der Waals surface area contributed by atoms with Gasteiger partial charge in [-0.25, -0.2) is 9.59 Å². The second-order valence-electron chi connectivity index (χ2n) is 15.0. The van der Waals surface area contributed by atoms with Gasteiger partial charge in [-0.15, -0.1) is 0 Å². The number of hydroxylamine groups is 1. The Balaban J connectivity index is 2.00. The molecule has 0 spiro atoms. The maximum absolute atomic E-state index is 12.6. The summed E-state index contributed by atoms with van der Waals surface area (Å²) in [6.45, 7) is 3.43. The number of benzene rings is 1. The van der Waals surface area contributed by atoms with Crippen LogP contribution in [0.1, 0.15) is 123 Å². The van der Waals surface area contributed by atoms with Crippen LogP contribution in [0.3, 0.4) is 0 Å². The summed E-state index contributed by atoms with van der Waals surface area (Å²) >= 11 is 0. The lowest BCUT2D eigenvalue weighted by Gasteiger charge is -2.19.